The van der Waals surface area contributed by atoms with Gasteiger partial charge in [-0.2, -0.15) is 0 Å². The molecule has 0 unspecified atom stereocenters. The first kappa shape index (κ1) is 16.9. The van der Waals surface area contributed by atoms with Crippen molar-refractivity contribution in [3.8, 4) is 0 Å². The van der Waals surface area contributed by atoms with E-state index in [4.69, 9.17) is 9.84 Å². The molecule has 1 fully saturated rings. The highest BCUT2D eigenvalue weighted by atomic mass is 32.2. The van der Waals surface area contributed by atoms with Crippen molar-refractivity contribution in [2.45, 2.75) is 34.3 Å². The van der Waals surface area contributed by atoms with Crippen LogP contribution in [0.4, 0.5) is 0 Å². The van der Waals surface area contributed by atoms with Gasteiger partial charge < -0.3 is 20.1 Å². The Hall–Kier alpha value is -1.91. The average molecular weight is 352 g/mol. The molecular weight excluding hydrogens is 336 g/mol. The van der Waals surface area contributed by atoms with Gasteiger partial charge in [0.05, 0.1) is 11.5 Å². The SMILES string of the molecule is O=c1[nH]c(=O)n([C@@H]2O[C@H](CO)[C@@H](O)[C@@H]2O)cc1Sc1ccccc1. The van der Waals surface area contributed by atoms with E-state index < -0.39 is 42.4 Å². The summed E-state index contributed by atoms with van der Waals surface area (Å²) in [6.07, 6.45) is -3.66. The van der Waals surface area contributed by atoms with Crippen LogP contribution in [0.3, 0.4) is 0 Å². The van der Waals surface area contributed by atoms with Gasteiger partial charge in [0, 0.05) is 11.1 Å². The van der Waals surface area contributed by atoms with Crippen LogP contribution in [-0.4, -0.2) is 49.8 Å². The quantitative estimate of drug-likeness (QED) is 0.573. The Morgan fingerprint density at radius 1 is 1.17 bits per heavy atom. The highest BCUT2D eigenvalue weighted by Crippen LogP contribution is 2.29. The Morgan fingerprint density at radius 3 is 2.50 bits per heavy atom. The van der Waals surface area contributed by atoms with Gasteiger partial charge >= 0.3 is 5.69 Å². The van der Waals surface area contributed by atoms with Gasteiger partial charge in [0.25, 0.3) is 5.56 Å². The van der Waals surface area contributed by atoms with Gasteiger partial charge in [0.2, 0.25) is 0 Å². The Labute approximate surface area is 140 Å². The first-order chi connectivity index (χ1) is 11.5. The normalized spacial score (nSPS) is 26.6. The third kappa shape index (κ3) is 3.17. The molecule has 1 saturated heterocycles. The lowest BCUT2D eigenvalue weighted by Crippen LogP contribution is -2.38. The number of rotatable bonds is 4. The van der Waals surface area contributed by atoms with Crippen molar-refractivity contribution in [2.24, 2.45) is 0 Å². The summed E-state index contributed by atoms with van der Waals surface area (Å²) in [5.41, 5.74) is -1.33. The zero-order valence-electron chi connectivity index (χ0n) is 12.4. The fraction of sp³-hybridized carbons (Fsp3) is 0.333. The number of H-pyrrole nitrogens is 1. The van der Waals surface area contributed by atoms with Crippen LogP contribution in [0.2, 0.25) is 0 Å². The molecule has 1 aliphatic rings. The second-order valence-electron chi connectivity index (χ2n) is 5.30. The van der Waals surface area contributed by atoms with Crippen molar-refractivity contribution >= 4 is 11.8 Å². The molecule has 4 N–H and O–H groups in total. The van der Waals surface area contributed by atoms with Crippen molar-refractivity contribution < 1.29 is 20.1 Å². The van der Waals surface area contributed by atoms with Gasteiger partial charge in [-0.25, -0.2) is 4.79 Å². The van der Waals surface area contributed by atoms with Crippen molar-refractivity contribution in [2.75, 3.05) is 6.61 Å². The van der Waals surface area contributed by atoms with E-state index in [1.165, 1.54) is 6.20 Å². The zero-order chi connectivity index (χ0) is 17.3. The number of benzene rings is 1. The zero-order valence-corrected chi connectivity index (χ0v) is 13.2. The molecule has 9 heteroatoms. The van der Waals surface area contributed by atoms with Gasteiger partial charge in [-0.05, 0) is 12.1 Å². The van der Waals surface area contributed by atoms with Gasteiger partial charge in [-0.3, -0.25) is 14.3 Å². The summed E-state index contributed by atoms with van der Waals surface area (Å²) in [5, 5.41) is 29.0. The molecule has 1 aliphatic heterocycles. The smallest absolute Gasteiger partial charge is 0.330 e. The average Bonchev–Trinajstić information content (AvgIpc) is 2.86. The van der Waals surface area contributed by atoms with Crippen LogP contribution in [0, 0.1) is 0 Å². The van der Waals surface area contributed by atoms with Crippen LogP contribution >= 0.6 is 11.8 Å². The van der Waals surface area contributed by atoms with E-state index in [1.807, 2.05) is 30.3 Å². The number of hydrogen-bond acceptors (Lipinski definition) is 7. The van der Waals surface area contributed by atoms with E-state index >= 15 is 0 Å². The van der Waals surface area contributed by atoms with Crippen LogP contribution in [0.1, 0.15) is 6.23 Å². The Balaban J connectivity index is 1.96. The molecule has 0 bridgehead atoms. The standard InChI is InChI=1S/C15H16N2O6S/c18-7-9-11(19)12(20)14(23-9)17-6-10(13(21)16-15(17)22)24-8-4-2-1-3-5-8/h1-6,9,11-12,14,18-20H,7H2,(H,16,21,22)/t9-,11-,12+,14-/m1/s1. The van der Waals surface area contributed by atoms with Gasteiger partial charge in [0.15, 0.2) is 6.23 Å². The van der Waals surface area contributed by atoms with Crippen molar-refractivity contribution in [3.63, 3.8) is 0 Å². The van der Waals surface area contributed by atoms with E-state index in [2.05, 4.69) is 4.98 Å². The molecule has 2 heterocycles. The predicted octanol–water partition coefficient (Wildman–Crippen LogP) is -0.701. The van der Waals surface area contributed by atoms with E-state index in [9.17, 15) is 19.8 Å². The molecule has 0 amide bonds. The summed E-state index contributed by atoms with van der Waals surface area (Å²) < 4.78 is 6.34. The van der Waals surface area contributed by atoms with Gasteiger partial charge in [0.1, 0.15) is 18.3 Å². The lowest BCUT2D eigenvalue weighted by atomic mass is 10.1. The summed E-state index contributed by atoms with van der Waals surface area (Å²) in [4.78, 5) is 27.2. The van der Waals surface area contributed by atoms with Crippen LogP contribution < -0.4 is 11.2 Å². The number of aliphatic hydroxyl groups excluding tert-OH is 3. The van der Waals surface area contributed by atoms with E-state index in [0.29, 0.717) is 0 Å². The van der Waals surface area contributed by atoms with E-state index in [-0.39, 0.29) is 4.90 Å². The monoisotopic (exact) mass is 352 g/mol. The fourth-order valence-electron chi connectivity index (χ4n) is 2.45. The fourth-order valence-corrected chi connectivity index (χ4v) is 3.31. The highest BCUT2D eigenvalue weighted by Gasteiger charge is 2.43. The minimum absolute atomic E-state index is 0.235. The first-order valence-corrected chi connectivity index (χ1v) is 8.03. The maximum Gasteiger partial charge on any atom is 0.330 e. The molecule has 128 valence electrons. The summed E-state index contributed by atoms with van der Waals surface area (Å²) in [5.74, 6) is 0. The molecule has 1 aromatic heterocycles. The summed E-state index contributed by atoms with van der Waals surface area (Å²) in [6, 6.07) is 9.10. The van der Waals surface area contributed by atoms with Crippen molar-refractivity contribution in [3.05, 3.63) is 57.4 Å². The molecule has 0 spiro atoms. The topological polar surface area (TPSA) is 125 Å². The number of aromatic amines is 1. The van der Waals surface area contributed by atoms with Crippen LogP contribution in [-0.2, 0) is 4.74 Å². The Kier molecular flexibility index (Phi) is 4.88. The van der Waals surface area contributed by atoms with Crippen LogP contribution in [0.15, 0.2) is 55.9 Å². The molecular formula is C15H16N2O6S. The number of hydrogen-bond donors (Lipinski definition) is 4. The number of aliphatic hydroxyl groups is 3. The number of nitrogens with one attached hydrogen (secondary N) is 1. The first-order valence-electron chi connectivity index (χ1n) is 7.22. The van der Waals surface area contributed by atoms with Gasteiger partial charge in [-0.15, -0.1) is 0 Å². The maximum atomic E-state index is 12.0. The number of ether oxygens (including phenoxy) is 1. The predicted molar refractivity (Wildman–Crippen MR) is 84.9 cm³/mol. The lowest BCUT2D eigenvalue weighted by Gasteiger charge is -2.17. The lowest BCUT2D eigenvalue weighted by molar-refractivity contribution is -0.0553. The van der Waals surface area contributed by atoms with Crippen molar-refractivity contribution in [1.82, 2.24) is 9.55 Å². The Morgan fingerprint density at radius 2 is 1.88 bits per heavy atom. The molecule has 0 radical (unpaired) electrons. The van der Waals surface area contributed by atoms with E-state index in [1.54, 1.807) is 0 Å². The molecule has 8 nitrogen and oxygen atoms in total. The minimum Gasteiger partial charge on any atom is -0.394 e. The number of nitrogens with zero attached hydrogens (tertiary/aromatic N) is 1. The maximum absolute atomic E-state index is 12.0. The summed E-state index contributed by atoms with van der Waals surface area (Å²) >= 11 is 1.15. The molecule has 1 aromatic carbocycles. The van der Waals surface area contributed by atoms with Crippen LogP contribution in [0.25, 0.3) is 0 Å². The second-order valence-corrected chi connectivity index (χ2v) is 6.42. The third-order valence-corrected chi connectivity index (χ3v) is 4.72. The third-order valence-electron chi connectivity index (χ3n) is 3.70. The second kappa shape index (κ2) is 6.91. The minimum atomic E-state index is -1.40. The molecule has 3 rings (SSSR count). The summed E-state index contributed by atoms with van der Waals surface area (Å²) in [7, 11) is 0. The van der Waals surface area contributed by atoms with E-state index in [0.717, 1.165) is 21.2 Å². The van der Waals surface area contributed by atoms with Crippen LogP contribution in [0.5, 0.6) is 0 Å². The summed E-state index contributed by atoms with van der Waals surface area (Å²) in [6.45, 7) is -0.502. The Bertz CT molecular complexity index is 821. The largest absolute Gasteiger partial charge is 0.394 e. The molecule has 2 aromatic rings. The molecule has 0 saturated carbocycles. The van der Waals surface area contributed by atoms with Crippen molar-refractivity contribution in [1.29, 1.82) is 0 Å². The number of aromatic nitrogens is 2. The molecule has 4 atom stereocenters. The highest BCUT2D eigenvalue weighted by molar-refractivity contribution is 7.99. The molecule has 24 heavy (non-hydrogen) atoms. The molecule has 0 aliphatic carbocycles. The van der Waals surface area contributed by atoms with Gasteiger partial charge in [-0.1, -0.05) is 30.0 Å².